The molecule has 6 heteroatoms. The van der Waals surface area contributed by atoms with Crippen LogP contribution in [0.2, 0.25) is 0 Å². The van der Waals surface area contributed by atoms with Crippen molar-refractivity contribution in [1.82, 2.24) is 10.2 Å². The van der Waals surface area contributed by atoms with Crippen LogP contribution in [0, 0.1) is 10.1 Å². The van der Waals surface area contributed by atoms with Gasteiger partial charge in [-0.25, -0.2) is 0 Å². The van der Waals surface area contributed by atoms with Gasteiger partial charge < -0.3 is 5.73 Å². The van der Waals surface area contributed by atoms with Crippen LogP contribution in [0.15, 0.2) is 30.5 Å². The molecule has 0 atom stereocenters. The lowest BCUT2D eigenvalue weighted by atomic mass is 10.1. The van der Waals surface area contributed by atoms with Crippen LogP contribution in [0.1, 0.15) is 5.56 Å². The third-order valence-corrected chi connectivity index (χ3v) is 2.30. The average molecular weight is 218 g/mol. The Morgan fingerprint density at radius 2 is 2.06 bits per heavy atom. The minimum absolute atomic E-state index is 0.0672. The van der Waals surface area contributed by atoms with E-state index in [4.69, 9.17) is 5.73 Å². The molecular formula is C10H10N4O2. The second kappa shape index (κ2) is 4.11. The molecule has 0 saturated carbocycles. The van der Waals surface area contributed by atoms with Crippen LogP contribution >= 0.6 is 0 Å². The number of nitrogens with zero attached hydrogens (tertiary/aromatic N) is 2. The smallest absolute Gasteiger partial charge is 0.269 e. The fraction of sp³-hybridized carbons (Fsp3) is 0.100. The van der Waals surface area contributed by atoms with Crippen LogP contribution in [0.5, 0.6) is 0 Å². The summed E-state index contributed by atoms with van der Waals surface area (Å²) in [6, 6.07) is 6.25. The van der Waals surface area contributed by atoms with E-state index in [0.717, 1.165) is 16.8 Å². The number of benzene rings is 1. The summed E-state index contributed by atoms with van der Waals surface area (Å²) in [4.78, 5) is 10.1. The molecule has 0 fully saturated rings. The van der Waals surface area contributed by atoms with Crippen molar-refractivity contribution in [3.8, 4) is 11.3 Å². The lowest BCUT2D eigenvalue weighted by Crippen LogP contribution is -1.96. The Morgan fingerprint density at radius 3 is 2.62 bits per heavy atom. The molecule has 2 rings (SSSR count). The summed E-state index contributed by atoms with van der Waals surface area (Å²) >= 11 is 0. The molecule has 6 nitrogen and oxygen atoms in total. The fourth-order valence-electron chi connectivity index (χ4n) is 1.47. The first-order valence-electron chi connectivity index (χ1n) is 4.69. The predicted octanol–water partition coefficient (Wildman–Crippen LogP) is 1.44. The van der Waals surface area contributed by atoms with Crippen molar-refractivity contribution in [3.05, 3.63) is 46.1 Å². The molecule has 2 aromatic rings. The number of aromatic amines is 1. The maximum Gasteiger partial charge on any atom is 0.269 e. The van der Waals surface area contributed by atoms with E-state index < -0.39 is 4.92 Å². The van der Waals surface area contributed by atoms with Gasteiger partial charge in [-0.1, -0.05) is 0 Å². The van der Waals surface area contributed by atoms with E-state index in [1.54, 1.807) is 18.3 Å². The number of non-ortho nitro benzene ring substituents is 1. The molecule has 1 aromatic heterocycles. The molecule has 1 aromatic carbocycles. The van der Waals surface area contributed by atoms with Crippen molar-refractivity contribution >= 4 is 5.69 Å². The van der Waals surface area contributed by atoms with Gasteiger partial charge in [-0.15, -0.1) is 0 Å². The second-order valence-corrected chi connectivity index (χ2v) is 3.28. The summed E-state index contributed by atoms with van der Waals surface area (Å²) in [6.07, 6.45) is 1.65. The first kappa shape index (κ1) is 10.3. The van der Waals surface area contributed by atoms with E-state index in [9.17, 15) is 10.1 Å². The summed E-state index contributed by atoms with van der Waals surface area (Å²) in [5.41, 5.74) is 8.13. The zero-order valence-corrected chi connectivity index (χ0v) is 8.38. The Morgan fingerprint density at radius 1 is 1.38 bits per heavy atom. The molecule has 0 spiro atoms. The van der Waals surface area contributed by atoms with Crippen molar-refractivity contribution in [2.45, 2.75) is 6.54 Å². The van der Waals surface area contributed by atoms with Gasteiger partial charge in [-0.2, -0.15) is 5.10 Å². The molecule has 0 bridgehead atoms. The van der Waals surface area contributed by atoms with Crippen molar-refractivity contribution in [3.63, 3.8) is 0 Å². The van der Waals surface area contributed by atoms with Gasteiger partial charge in [0.05, 0.1) is 16.8 Å². The molecule has 0 unspecified atom stereocenters. The highest BCUT2D eigenvalue weighted by molar-refractivity contribution is 5.63. The molecule has 1 heterocycles. The van der Waals surface area contributed by atoms with E-state index in [-0.39, 0.29) is 5.69 Å². The molecule has 0 aliphatic heterocycles. The molecule has 82 valence electrons. The van der Waals surface area contributed by atoms with E-state index in [0.29, 0.717) is 6.54 Å². The van der Waals surface area contributed by atoms with Crippen molar-refractivity contribution < 1.29 is 4.92 Å². The molecule has 16 heavy (non-hydrogen) atoms. The number of nitrogens with one attached hydrogen (secondary N) is 1. The standard InChI is InChI=1S/C10H10N4O2/c11-5-8-6-12-13-10(8)7-1-3-9(4-2-7)14(15)16/h1-4,6H,5,11H2,(H,12,13). The third kappa shape index (κ3) is 1.78. The quantitative estimate of drug-likeness (QED) is 0.601. The number of nitro benzene ring substituents is 1. The minimum atomic E-state index is -0.430. The summed E-state index contributed by atoms with van der Waals surface area (Å²) < 4.78 is 0. The van der Waals surface area contributed by atoms with Crippen LogP contribution in [0.4, 0.5) is 5.69 Å². The van der Waals surface area contributed by atoms with Crippen LogP contribution in [-0.4, -0.2) is 15.1 Å². The van der Waals surface area contributed by atoms with Gasteiger partial charge in [0.15, 0.2) is 0 Å². The second-order valence-electron chi connectivity index (χ2n) is 3.28. The Balaban J connectivity index is 2.38. The van der Waals surface area contributed by atoms with E-state index in [2.05, 4.69) is 10.2 Å². The van der Waals surface area contributed by atoms with Gasteiger partial charge in [0.25, 0.3) is 5.69 Å². The topological polar surface area (TPSA) is 97.8 Å². The molecule has 0 aliphatic carbocycles. The molecule has 0 amide bonds. The molecule has 0 saturated heterocycles. The highest BCUT2D eigenvalue weighted by Gasteiger charge is 2.08. The lowest BCUT2D eigenvalue weighted by molar-refractivity contribution is -0.384. The first-order valence-corrected chi connectivity index (χ1v) is 4.69. The molecule has 0 radical (unpaired) electrons. The number of nitrogens with two attached hydrogens (primary N) is 1. The van der Waals surface area contributed by atoms with Crippen molar-refractivity contribution in [2.24, 2.45) is 5.73 Å². The molecular weight excluding hydrogens is 208 g/mol. The number of hydrogen-bond donors (Lipinski definition) is 2. The average Bonchev–Trinajstić information content (AvgIpc) is 2.77. The van der Waals surface area contributed by atoms with Gasteiger partial charge in [-0.05, 0) is 12.1 Å². The van der Waals surface area contributed by atoms with E-state index in [1.165, 1.54) is 12.1 Å². The SMILES string of the molecule is NCc1cn[nH]c1-c1ccc([N+](=O)[O-])cc1. The summed E-state index contributed by atoms with van der Waals surface area (Å²) in [6.45, 7) is 0.378. The Kier molecular flexibility index (Phi) is 2.65. The largest absolute Gasteiger partial charge is 0.326 e. The van der Waals surface area contributed by atoms with Gasteiger partial charge in [-0.3, -0.25) is 15.2 Å². The highest BCUT2D eigenvalue weighted by atomic mass is 16.6. The number of nitro groups is 1. The number of rotatable bonds is 3. The van der Waals surface area contributed by atoms with Crippen molar-refractivity contribution in [1.29, 1.82) is 0 Å². The van der Waals surface area contributed by atoms with E-state index >= 15 is 0 Å². The summed E-state index contributed by atoms with van der Waals surface area (Å²) in [7, 11) is 0. The Bertz CT molecular complexity index is 504. The number of aromatic nitrogens is 2. The van der Waals surface area contributed by atoms with Gasteiger partial charge in [0.1, 0.15) is 0 Å². The monoisotopic (exact) mass is 218 g/mol. The van der Waals surface area contributed by atoms with Gasteiger partial charge in [0, 0.05) is 29.8 Å². The maximum atomic E-state index is 10.5. The minimum Gasteiger partial charge on any atom is -0.326 e. The van der Waals surface area contributed by atoms with Crippen molar-refractivity contribution in [2.75, 3.05) is 0 Å². The summed E-state index contributed by atoms with van der Waals surface area (Å²) in [5.74, 6) is 0. The lowest BCUT2D eigenvalue weighted by Gasteiger charge is -2.00. The zero-order valence-electron chi connectivity index (χ0n) is 8.38. The Hall–Kier alpha value is -2.21. The van der Waals surface area contributed by atoms with Crippen LogP contribution in [0.3, 0.4) is 0 Å². The number of H-pyrrole nitrogens is 1. The first-order chi connectivity index (χ1) is 7.72. The number of hydrogen-bond acceptors (Lipinski definition) is 4. The van der Waals surface area contributed by atoms with Gasteiger partial charge in [0.2, 0.25) is 0 Å². The summed E-state index contributed by atoms with van der Waals surface area (Å²) in [5, 5.41) is 17.2. The third-order valence-electron chi connectivity index (χ3n) is 2.30. The zero-order chi connectivity index (χ0) is 11.5. The van der Waals surface area contributed by atoms with E-state index in [1.807, 2.05) is 0 Å². The van der Waals surface area contributed by atoms with Crippen LogP contribution in [0.25, 0.3) is 11.3 Å². The fourth-order valence-corrected chi connectivity index (χ4v) is 1.47. The predicted molar refractivity (Wildman–Crippen MR) is 58.6 cm³/mol. The Labute approximate surface area is 91.2 Å². The highest BCUT2D eigenvalue weighted by Crippen LogP contribution is 2.23. The maximum absolute atomic E-state index is 10.5. The molecule has 0 aliphatic rings. The van der Waals surface area contributed by atoms with Crippen LogP contribution < -0.4 is 5.73 Å². The molecule has 3 N–H and O–H groups in total. The normalized spacial score (nSPS) is 10.3. The van der Waals surface area contributed by atoms with Gasteiger partial charge >= 0.3 is 0 Å². The van der Waals surface area contributed by atoms with Crippen LogP contribution in [-0.2, 0) is 6.54 Å².